The normalized spacial score (nSPS) is 14.3. The lowest BCUT2D eigenvalue weighted by Gasteiger charge is -2.28. The van der Waals surface area contributed by atoms with E-state index in [0.29, 0.717) is 19.0 Å². The molecule has 0 radical (unpaired) electrons. The van der Waals surface area contributed by atoms with E-state index in [-0.39, 0.29) is 6.03 Å². The van der Waals surface area contributed by atoms with Gasteiger partial charge in [-0.2, -0.15) is 0 Å². The monoisotopic (exact) mass is 409 g/mol. The minimum absolute atomic E-state index is 0.0565. The molecule has 30 heavy (non-hydrogen) atoms. The highest BCUT2D eigenvalue weighted by molar-refractivity contribution is 5.96. The zero-order chi connectivity index (χ0) is 21.7. The molecule has 1 aromatic heterocycles. The van der Waals surface area contributed by atoms with Crippen molar-refractivity contribution in [3.8, 4) is 11.1 Å². The first-order valence-corrected chi connectivity index (χ1v) is 11.0. The van der Waals surface area contributed by atoms with E-state index in [1.807, 2.05) is 24.0 Å². The van der Waals surface area contributed by atoms with Gasteiger partial charge in [-0.05, 0) is 55.2 Å². The van der Waals surface area contributed by atoms with Crippen LogP contribution in [0.4, 0.5) is 10.5 Å². The Morgan fingerprint density at radius 2 is 1.77 bits per heavy atom. The summed E-state index contributed by atoms with van der Waals surface area (Å²) >= 11 is 0. The van der Waals surface area contributed by atoms with Crippen molar-refractivity contribution in [2.45, 2.75) is 59.5 Å². The summed E-state index contributed by atoms with van der Waals surface area (Å²) in [6, 6.07) is 8.13. The number of rotatable bonds is 6. The van der Waals surface area contributed by atoms with Crippen LogP contribution in [0.5, 0.6) is 0 Å². The van der Waals surface area contributed by atoms with E-state index >= 15 is 0 Å². The number of hydrogen-bond acceptors (Lipinski definition) is 4. The number of likely N-dealkylation sites (tertiary alicyclic amines) is 1. The van der Waals surface area contributed by atoms with Crippen LogP contribution in [-0.2, 0) is 19.5 Å². The zero-order valence-electron chi connectivity index (χ0n) is 18.5. The maximum atomic E-state index is 13.0. The number of nitrogens with zero attached hydrogens (tertiary/aromatic N) is 2. The van der Waals surface area contributed by atoms with Gasteiger partial charge >= 0.3 is 6.03 Å². The average Bonchev–Trinajstić information content (AvgIpc) is 2.75. The molecule has 2 aromatic rings. The van der Waals surface area contributed by atoms with Crippen molar-refractivity contribution in [1.29, 1.82) is 0 Å². The van der Waals surface area contributed by atoms with Gasteiger partial charge in [0.05, 0.1) is 11.4 Å². The molecule has 0 spiro atoms. The quantitative estimate of drug-likeness (QED) is 0.666. The molecular formula is C24H35N5O. The summed E-state index contributed by atoms with van der Waals surface area (Å²) in [5, 5.41) is 3.18. The number of carbonyl (C=O) groups excluding carboxylic acids is 1. The molecule has 1 aromatic carbocycles. The van der Waals surface area contributed by atoms with Gasteiger partial charge in [-0.1, -0.05) is 38.1 Å². The number of carbonyl (C=O) groups is 1. The molecule has 0 bridgehead atoms. The first-order valence-electron chi connectivity index (χ1n) is 11.0. The second-order valence-corrected chi connectivity index (χ2v) is 8.55. The fourth-order valence-corrected chi connectivity index (χ4v) is 4.14. The average molecular weight is 410 g/mol. The van der Waals surface area contributed by atoms with Gasteiger partial charge in [0.1, 0.15) is 0 Å². The summed E-state index contributed by atoms with van der Waals surface area (Å²) in [6.45, 7) is 8.79. The van der Waals surface area contributed by atoms with Crippen molar-refractivity contribution < 1.29 is 4.79 Å². The Balaban J connectivity index is 2.09. The number of pyridine rings is 1. The minimum atomic E-state index is -0.0565. The maximum absolute atomic E-state index is 13.0. The Hall–Kier alpha value is -2.44. The van der Waals surface area contributed by atoms with E-state index in [1.54, 1.807) is 0 Å². The lowest BCUT2D eigenvalue weighted by Crippen LogP contribution is -2.39. The molecule has 1 fully saturated rings. The van der Waals surface area contributed by atoms with Crippen LogP contribution in [0, 0.1) is 12.8 Å². The smallest absolute Gasteiger partial charge is 0.321 e. The van der Waals surface area contributed by atoms with Crippen LogP contribution in [0.15, 0.2) is 24.3 Å². The second-order valence-electron chi connectivity index (χ2n) is 8.55. The third kappa shape index (κ3) is 4.99. The number of anilines is 1. The number of aromatic nitrogens is 1. The van der Waals surface area contributed by atoms with Gasteiger partial charge in [0.25, 0.3) is 0 Å². The van der Waals surface area contributed by atoms with Gasteiger partial charge in [0.2, 0.25) is 0 Å². The lowest BCUT2D eigenvalue weighted by molar-refractivity contribution is 0.200. The molecule has 1 saturated heterocycles. The Labute approximate surface area is 180 Å². The molecule has 0 aliphatic carbocycles. The zero-order valence-corrected chi connectivity index (χ0v) is 18.5. The fourth-order valence-electron chi connectivity index (χ4n) is 4.14. The predicted octanol–water partition coefficient (Wildman–Crippen LogP) is 4.19. The Bertz CT molecular complexity index is 870. The minimum Gasteiger partial charge on any atom is -0.326 e. The summed E-state index contributed by atoms with van der Waals surface area (Å²) in [5.74, 6) is 0.462. The first kappa shape index (κ1) is 22.2. The van der Waals surface area contributed by atoms with E-state index in [9.17, 15) is 4.79 Å². The molecule has 0 atom stereocenters. The number of amides is 2. The Morgan fingerprint density at radius 1 is 1.10 bits per heavy atom. The van der Waals surface area contributed by atoms with Gasteiger partial charge < -0.3 is 21.7 Å². The topological polar surface area (TPSA) is 97.3 Å². The number of aryl methyl sites for hydroxylation is 1. The van der Waals surface area contributed by atoms with E-state index in [0.717, 1.165) is 71.7 Å². The summed E-state index contributed by atoms with van der Waals surface area (Å²) in [5.41, 5.74) is 18.7. The van der Waals surface area contributed by atoms with Crippen LogP contribution in [0.1, 0.15) is 55.6 Å². The third-order valence-corrected chi connectivity index (χ3v) is 5.72. The lowest BCUT2D eigenvalue weighted by atomic mass is 9.92. The predicted molar refractivity (Wildman–Crippen MR) is 123 cm³/mol. The molecule has 2 heterocycles. The summed E-state index contributed by atoms with van der Waals surface area (Å²) in [7, 11) is 0. The largest absolute Gasteiger partial charge is 0.326 e. The van der Waals surface area contributed by atoms with Crippen LogP contribution < -0.4 is 16.8 Å². The van der Waals surface area contributed by atoms with Gasteiger partial charge in [-0.3, -0.25) is 4.98 Å². The van der Waals surface area contributed by atoms with Gasteiger partial charge in [-0.15, -0.1) is 0 Å². The van der Waals surface area contributed by atoms with Gasteiger partial charge in [0.15, 0.2) is 0 Å². The summed E-state index contributed by atoms with van der Waals surface area (Å²) < 4.78 is 0. The first-order chi connectivity index (χ1) is 14.4. The van der Waals surface area contributed by atoms with E-state index in [2.05, 4.69) is 31.3 Å². The highest BCUT2D eigenvalue weighted by atomic mass is 16.2. The van der Waals surface area contributed by atoms with Crippen LogP contribution >= 0.6 is 0 Å². The molecule has 1 aliphatic heterocycles. The molecule has 3 rings (SSSR count). The number of benzene rings is 1. The molecular weight excluding hydrogens is 374 g/mol. The van der Waals surface area contributed by atoms with Crippen molar-refractivity contribution in [2.24, 2.45) is 17.4 Å². The van der Waals surface area contributed by atoms with Gasteiger partial charge in [0, 0.05) is 37.4 Å². The maximum Gasteiger partial charge on any atom is 0.321 e. The second kappa shape index (κ2) is 10.0. The van der Waals surface area contributed by atoms with Crippen LogP contribution in [0.25, 0.3) is 11.1 Å². The molecule has 2 amide bonds. The standard InChI is InChI=1S/C24H35N5O/c1-16(2)13-21-20(15-26)22(19-9-7-18(14-25)8-10-19)23(17(3)27-21)28-24(30)29-11-5-4-6-12-29/h7-10,16H,4-6,11-15,25-26H2,1-3H3,(H,28,30). The molecule has 162 valence electrons. The highest BCUT2D eigenvalue weighted by Gasteiger charge is 2.23. The molecule has 6 nitrogen and oxygen atoms in total. The number of urea groups is 1. The molecule has 1 aliphatic rings. The number of nitrogens with one attached hydrogen (secondary N) is 1. The highest BCUT2D eigenvalue weighted by Crippen LogP contribution is 2.36. The molecule has 5 N–H and O–H groups in total. The van der Waals surface area contributed by atoms with E-state index in [1.165, 1.54) is 6.42 Å². The summed E-state index contributed by atoms with van der Waals surface area (Å²) in [6.07, 6.45) is 4.14. The van der Waals surface area contributed by atoms with Crippen molar-refractivity contribution in [3.63, 3.8) is 0 Å². The van der Waals surface area contributed by atoms with Crippen molar-refractivity contribution in [3.05, 3.63) is 46.8 Å². The van der Waals surface area contributed by atoms with E-state index < -0.39 is 0 Å². The van der Waals surface area contributed by atoms with Crippen molar-refractivity contribution >= 4 is 11.7 Å². The number of piperidine rings is 1. The van der Waals surface area contributed by atoms with Crippen LogP contribution in [0.2, 0.25) is 0 Å². The Kier molecular flexibility index (Phi) is 7.45. The van der Waals surface area contributed by atoms with Crippen molar-refractivity contribution in [2.75, 3.05) is 18.4 Å². The van der Waals surface area contributed by atoms with Gasteiger partial charge in [-0.25, -0.2) is 4.79 Å². The van der Waals surface area contributed by atoms with E-state index in [4.69, 9.17) is 16.5 Å². The fraction of sp³-hybridized carbons (Fsp3) is 0.500. The molecule has 6 heteroatoms. The molecule has 0 unspecified atom stereocenters. The third-order valence-electron chi connectivity index (χ3n) is 5.72. The van der Waals surface area contributed by atoms with Crippen LogP contribution in [-0.4, -0.2) is 29.0 Å². The number of hydrogen-bond donors (Lipinski definition) is 3. The van der Waals surface area contributed by atoms with Crippen molar-refractivity contribution in [1.82, 2.24) is 9.88 Å². The summed E-state index contributed by atoms with van der Waals surface area (Å²) in [4.78, 5) is 19.8. The SMILES string of the molecule is Cc1nc(CC(C)C)c(CN)c(-c2ccc(CN)cc2)c1NC(=O)N1CCCCC1. The molecule has 0 saturated carbocycles. The Morgan fingerprint density at radius 3 is 2.33 bits per heavy atom. The number of nitrogens with two attached hydrogens (primary N) is 2. The van der Waals surface area contributed by atoms with Crippen LogP contribution in [0.3, 0.4) is 0 Å².